The van der Waals surface area contributed by atoms with Gasteiger partial charge in [-0.2, -0.15) is 0 Å². The van der Waals surface area contributed by atoms with Crippen LogP contribution in [-0.2, 0) is 16.1 Å². The van der Waals surface area contributed by atoms with Gasteiger partial charge >= 0.3 is 11.9 Å². The van der Waals surface area contributed by atoms with Crippen LogP contribution in [0.5, 0.6) is 11.5 Å². The molecule has 0 fully saturated rings. The Morgan fingerprint density at radius 1 is 1.16 bits per heavy atom. The number of benzene rings is 1. The molecular formula is C18H21N3O4. The Labute approximate surface area is 146 Å². The van der Waals surface area contributed by atoms with Crippen LogP contribution in [0, 0.1) is 0 Å². The minimum atomic E-state index is -0.450. The van der Waals surface area contributed by atoms with Crippen LogP contribution >= 0.6 is 0 Å². The maximum atomic E-state index is 11.3. The van der Waals surface area contributed by atoms with Crippen LogP contribution in [0.2, 0.25) is 0 Å². The minimum Gasteiger partial charge on any atom is -0.427 e. The number of rotatable bonds is 7. The van der Waals surface area contributed by atoms with E-state index in [0.29, 0.717) is 23.6 Å². The molecule has 0 aliphatic rings. The highest BCUT2D eigenvalue weighted by Crippen LogP contribution is 2.26. The van der Waals surface area contributed by atoms with Gasteiger partial charge in [-0.05, 0) is 25.5 Å². The Morgan fingerprint density at radius 3 is 2.56 bits per heavy atom. The first-order valence-electron chi connectivity index (χ1n) is 7.93. The van der Waals surface area contributed by atoms with E-state index in [1.165, 1.54) is 19.9 Å². The van der Waals surface area contributed by atoms with E-state index in [0.717, 1.165) is 18.7 Å². The maximum Gasteiger partial charge on any atom is 0.308 e. The zero-order chi connectivity index (χ0) is 18.2. The standard InChI is InChI=1S/C18H21N3O4/c1-13(20-7-4-9-21-10-8-19-12-21)17-6-5-16(24-14(2)22)11-18(17)25-15(3)23/h5-6,8,10-12H,4,7,9H2,1-3H3/b20-13+. The van der Waals surface area contributed by atoms with Crippen molar-refractivity contribution >= 4 is 17.7 Å². The molecule has 0 radical (unpaired) electrons. The van der Waals surface area contributed by atoms with Gasteiger partial charge in [-0.1, -0.05) is 0 Å². The van der Waals surface area contributed by atoms with E-state index in [-0.39, 0.29) is 0 Å². The summed E-state index contributed by atoms with van der Waals surface area (Å²) in [6.07, 6.45) is 6.28. The molecule has 0 saturated carbocycles. The van der Waals surface area contributed by atoms with Gasteiger partial charge in [-0.15, -0.1) is 0 Å². The zero-order valence-corrected chi connectivity index (χ0v) is 14.6. The Morgan fingerprint density at radius 2 is 1.92 bits per heavy atom. The van der Waals surface area contributed by atoms with Crippen molar-refractivity contribution in [3.63, 3.8) is 0 Å². The van der Waals surface area contributed by atoms with Gasteiger partial charge in [-0.25, -0.2) is 4.98 Å². The summed E-state index contributed by atoms with van der Waals surface area (Å²) >= 11 is 0. The molecule has 0 amide bonds. The normalized spacial score (nSPS) is 11.2. The fourth-order valence-corrected chi connectivity index (χ4v) is 2.27. The Kier molecular flexibility index (Phi) is 6.45. The van der Waals surface area contributed by atoms with Crippen LogP contribution in [0.4, 0.5) is 0 Å². The van der Waals surface area contributed by atoms with E-state index in [1.807, 2.05) is 17.7 Å². The minimum absolute atomic E-state index is 0.320. The lowest BCUT2D eigenvalue weighted by Crippen LogP contribution is -2.09. The van der Waals surface area contributed by atoms with Gasteiger partial charge in [0.25, 0.3) is 0 Å². The summed E-state index contributed by atoms with van der Waals surface area (Å²) in [5.74, 6) is -0.247. The van der Waals surface area contributed by atoms with E-state index in [1.54, 1.807) is 24.7 Å². The van der Waals surface area contributed by atoms with Gasteiger partial charge in [-0.3, -0.25) is 14.6 Å². The van der Waals surface area contributed by atoms with Crippen LogP contribution < -0.4 is 9.47 Å². The van der Waals surface area contributed by atoms with Crippen molar-refractivity contribution in [1.82, 2.24) is 9.55 Å². The fraction of sp³-hybridized carbons (Fsp3) is 0.333. The third kappa shape index (κ3) is 5.87. The molecule has 7 nitrogen and oxygen atoms in total. The third-order valence-electron chi connectivity index (χ3n) is 3.34. The van der Waals surface area contributed by atoms with Gasteiger partial charge in [0.15, 0.2) is 0 Å². The number of esters is 2. The first-order chi connectivity index (χ1) is 12.0. The summed E-state index contributed by atoms with van der Waals surface area (Å²) in [6.45, 7) is 5.95. The summed E-state index contributed by atoms with van der Waals surface area (Å²) in [4.78, 5) is 30.9. The van der Waals surface area contributed by atoms with Crippen molar-refractivity contribution in [1.29, 1.82) is 0 Å². The fourth-order valence-electron chi connectivity index (χ4n) is 2.27. The summed E-state index contributed by atoms with van der Waals surface area (Å²) in [7, 11) is 0. The third-order valence-corrected chi connectivity index (χ3v) is 3.34. The van der Waals surface area contributed by atoms with E-state index in [2.05, 4.69) is 9.98 Å². The van der Waals surface area contributed by atoms with Gasteiger partial charge in [0.1, 0.15) is 11.5 Å². The van der Waals surface area contributed by atoms with Gasteiger partial charge in [0, 0.05) is 56.7 Å². The molecule has 0 atom stereocenters. The Balaban J connectivity index is 2.09. The lowest BCUT2D eigenvalue weighted by atomic mass is 10.1. The number of nitrogens with zero attached hydrogens (tertiary/aromatic N) is 3. The molecule has 1 heterocycles. The predicted molar refractivity (Wildman–Crippen MR) is 93.0 cm³/mol. The number of hydrogen-bond donors (Lipinski definition) is 0. The molecule has 25 heavy (non-hydrogen) atoms. The molecule has 0 aliphatic carbocycles. The van der Waals surface area contributed by atoms with Crippen molar-refractivity contribution in [3.8, 4) is 11.5 Å². The number of ether oxygens (including phenoxy) is 2. The second kappa shape index (κ2) is 8.77. The first-order valence-corrected chi connectivity index (χ1v) is 7.93. The van der Waals surface area contributed by atoms with E-state index >= 15 is 0 Å². The number of aliphatic imine (C=N–C) groups is 1. The second-order valence-electron chi connectivity index (χ2n) is 5.47. The topological polar surface area (TPSA) is 82.8 Å². The highest BCUT2D eigenvalue weighted by Gasteiger charge is 2.12. The first kappa shape index (κ1) is 18.4. The molecule has 1 aromatic carbocycles. The number of hydrogen-bond acceptors (Lipinski definition) is 6. The SMILES string of the molecule is CC(=O)Oc1ccc(/C(C)=N/CCCn2ccnc2)c(OC(C)=O)c1. The van der Waals surface area contributed by atoms with Crippen molar-refractivity contribution in [2.75, 3.05) is 6.54 Å². The van der Waals surface area contributed by atoms with Crippen LogP contribution in [0.3, 0.4) is 0 Å². The molecule has 0 unspecified atom stereocenters. The van der Waals surface area contributed by atoms with E-state index in [4.69, 9.17) is 9.47 Å². The lowest BCUT2D eigenvalue weighted by molar-refractivity contribution is -0.132. The average molecular weight is 343 g/mol. The van der Waals surface area contributed by atoms with Crippen molar-refractivity contribution in [2.45, 2.75) is 33.7 Å². The number of aryl methyl sites for hydroxylation is 1. The average Bonchev–Trinajstić information content (AvgIpc) is 3.03. The molecule has 2 rings (SSSR count). The van der Waals surface area contributed by atoms with Gasteiger partial charge in [0.2, 0.25) is 0 Å². The summed E-state index contributed by atoms with van der Waals surface area (Å²) < 4.78 is 12.3. The molecule has 7 heteroatoms. The molecule has 0 bridgehead atoms. The molecule has 0 aliphatic heterocycles. The summed E-state index contributed by atoms with van der Waals surface area (Å²) in [5.41, 5.74) is 1.44. The Hall–Kier alpha value is -2.96. The largest absolute Gasteiger partial charge is 0.427 e. The molecule has 1 aromatic heterocycles. The van der Waals surface area contributed by atoms with Crippen LogP contribution in [0.15, 0.2) is 41.9 Å². The highest BCUT2D eigenvalue weighted by molar-refractivity contribution is 6.01. The van der Waals surface area contributed by atoms with Crippen molar-refractivity contribution in [3.05, 3.63) is 42.5 Å². The van der Waals surface area contributed by atoms with Crippen LogP contribution in [0.1, 0.15) is 32.8 Å². The Bertz CT molecular complexity index is 767. The number of carbonyl (C=O) groups excluding carboxylic acids is 2. The maximum absolute atomic E-state index is 11.3. The number of carbonyl (C=O) groups is 2. The molecule has 0 saturated heterocycles. The molecule has 0 spiro atoms. The smallest absolute Gasteiger partial charge is 0.308 e. The highest BCUT2D eigenvalue weighted by atomic mass is 16.5. The molecule has 2 aromatic rings. The predicted octanol–water partition coefficient (Wildman–Crippen LogP) is 2.63. The van der Waals surface area contributed by atoms with E-state index < -0.39 is 11.9 Å². The van der Waals surface area contributed by atoms with Crippen LogP contribution in [0.25, 0.3) is 0 Å². The van der Waals surface area contributed by atoms with Crippen molar-refractivity contribution in [2.24, 2.45) is 4.99 Å². The van der Waals surface area contributed by atoms with E-state index in [9.17, 15) is 9.59 Å². The molecule has 0 N–H and O–H groups in total. The zero-order valence-electron chi connectivity index (χ0n) is 14.6. The quantitative estimate of drug-likeness (QED) is 0.334. The van der Waals surface area contributed by atoms with Crippen LogP contribution in [-0.4, -0.2) is 33.7 Å². The lowest BCUT2D eigenvalue weighted by Gasteiger charge is -2.11. The molecule has 132 valence electrons. The number of imidazole rings is 1. The number of aromatic nitrogens is 2. The van der Waals surface area contributed by atoms with Gasteiger partial charge in [0.05, 0.1) is 6.33 Å². The summed E-state index contributed by atoms with van der Waals surface area (Å²) in [5, 5.41) is 0. The monoisotopic (exact) mass is 343 g/mol. The summed E-state index contributed by atoms with van der Waals surface area (Å²) in [6, 6.07) is 4.89. The molecular weight excluding hydrogens is 322 g/mol. The van der Waals surface area contributed by atoms with Crippen molar-refractivity contribution < 1.29 is 19.1 Å². The second-order valence-corrected chi connectivity index (χ2v) is 5.47. The van der Waals surface area contributed by atoms with Gasteiger partial charge < -0.3 is 14.0 Å².